The van der Waals surface area contributed by atoms with Crippen molar-refractivity contribution in [1.82, 2.24) is 15.0 Å². The Labute approximate surface area is 546 Å². The Balaban J connectivity index is 0.000000409. The number of alkyl halides is 4. The van der Waals surface area contributed by atoms with E-state index >= 15 is 0 Å². The van der Waals surface area contributed by atoms with Gasteiger partial charge in [0.2, 0.25) is 5.24 Å². The van der Waals surface area contributed by atoms with Gasteiger partial charge in [-0.3, -0.25) is 14.4 Å². The molecular formula is C58H53Cl11F3N7O6. The third-order valence-corrected chi connectivity index (χ3v) is 13.5. The number of nitrogens with two attached hydrogens (primary N) is 4. The van der Waals surface area contributed by atoms with Crippen molar-refractivity contribution in [2.24, 2.45) is 5.73 Å². The molecular weight excluding hydrogens is 1340 g/mol. The van der Waals surface area contributed by atoms with Gasteiger partial charge in [-0.2, -0.15) is 0 Å². The number of ether oxygens (including phenoxy) is 3. The topological polar surface area (TPSA) is 222 Å². The number of pyridine rings is 3. The zero-order chi connectivity index (χ0) is 63.9. The van der Waals surface area contributed by atoms with Crippen LogP contribution in [0.5, 0.6) is 17.2 Å². The molecule has 0 fully saturated rings. The van der Waals surface area contributed by atoms with Crippen LogP contribution < -0.4 is 37.1 Å². The summed E-state index contributed by atoms with van der Waals surface area (Å²) in [6, 6.07) is 12.7. The van der Waals surface area contributed by atoms with E-state index < -0.39 is 41.0 Å². The van der Waals surface area contributed by atoms with E-state index in [1.807, 2.05) is 6.92 Å². The smallest absolute Gasteiger partial charge is 0.236 e. The first-order valence-electron chi connectivity index (χ1n) is 24.6. The van der Waals surface area contributed by atoms with Gasteiger partial charge >= 0.3 is 0 Å². The molecule has 0 saturated carbocycles. The maximum Gasteiger partial charge on any atom is 0.236 e. The Hall–Kier alpha value is -5.46. The minimum absolute atomic E-state index is 0.0216. The van der Waals surface area contributed by atoms with E-state index in [-0.39, 0.29) is 95.7 Å². The van der Waals surface area contributed by atoms with Crippen LogP contribution >= 0.6 is 128 Å². The van der Waals surface area contributed by atoms with Gasteiger partial charge in [0.05, 0.1) is 38.7 Å². The number of rotatable bonds is 16. The van der Waals surface area contributed by atoms with Crippen LogP contribution in [0, 0.1) is 53.0 Å². The maximum atomic E-state index is 13.7. The molecule has 3 unspecified atom stereocenters. The zero-order valence-electron chi connectivity index (χ0n) is 45.4. The molecule has 0 radical (unpaired) electrons. The molecule has 8 N–H and O–H groups in total. The van der Waals surface area contributed by atoms with Crippen molar-refractivity contribution in [1.29, 1.82) is 0 Å². The van der Waals surface area contributed by atoms with E-state index in [1.54, 1.807) is 39.0 Å². The minimum Gasteiger partial charge on any atom is -0.482 e. The first-order valence-corrected chi connectivity index (χ1v) is 29.4. The molecule has 0 bridgehead atoms. The third-order valence-electron chi connectivity index (χ3n) is 10.5. The van der Waals surface area contributed by atoms with E-state index in [1.165, 1.54) is 55.0 Å². The van der Waals surface area contributed by atoms with E-state index in [0.29, 0.717) is 69.8 Å². The fourth-order valence-electron chi connectivity index (χ4n) is 6.48. The molecule has 0 aliphatic rings. The monoisotopic (exact) mass is 1390 g/mol. The Morgan fingerprint density at radius 2 is 0.824 bits per heavy atom. The van der Waals surface area contributed by atoms with Crippen molar-refractivity contribution >= 4 is 162 Å². The first-order chi connectivity index (χ1) is 40.3. The average molecular weight is 1390 g/mol. The molecule has 0 aliphatic heterocycles. The number of hydrogen-bond donors (Lipinski definition) is 4. The molecule has 0 saturated heterocycles. The molecule has 0 spiro atoms. The number of aromatic nitrogens is 3. The van der Waals surface area contributed by atoms with Gasteiger partial charge in [0.1, 0.15) is 47.3 Å². The SMILES string of the molecule is CC(Oc1cc(C#CCCC(=O)CCl)cnc1N)c1c(Cl)ccc(F)c1Cl.CC(Oc1cc(C#CCN)cnc1N)c1c(Cl)ccc(F)c1Cl.CCC(=O)CCC#Cc1cnc(N)c(OC(C)c2c(Cl)ccc(F)c2Cl)c1.ClCCl.O=C(Cl)CCl. The first kappa shape index (κ1) is 75.6. The Morgan fingerprint density at radius 1 is 0.529 bits per heavy atom. The molecule has 3 atom stereocenters. The lowest BCUT2D eigenvalue weighted by atomic mass is 10.1. The highest BCUT2D eigenvalue weighted by Gasteiger charge is 2.23. The molecule has 6 rings (SSSR count). The summed E-state index contributed by atoms with van der Waals surface area (Å²) in [4.78, 5) is 44.0. The molecule has 3 aromatic carbocycles. The fourth-order valence-corrected chi connectivity index (χ4v) is 8.65. The number of Topliss-reactive ketones (excluding diaryl/α,β-unsaturated/α-hetero) is 2. The molecule has 454 valence electrons. The third kappa shape index (κ3) is 26.2. The lowest BCUT2D eigenvalue weighted by Gasteiger charge is -2.18. The van der Waals surface area contributed by atoms with E-state index in [0.717, 1.165) is 0 Å². The summed E-state index contributed by atoms with van der Waals surface area (Å²) < 4.78 is 58.4. The van der Waals surface area contributed by atoms with Gasteiger partial charge in [-0.1, -0.05) is 112 Å². The number of carbonyl (C=O) groups is 3. The molecule has 0 amide bonds. The van der Waals surface area contributed by atoms with Gasteiger partial charge in [-0.15, -0.1) is 46.4 Å². The second-order valence-electron chi connectivity index (χ2n) is 16.6. The maximum absolute atomic E-state index is 13.7. The van der Waals surface area contributed by atoms with Crippen LogP contribution in [0.25, 0.3) is 0 Å². The van der Waals surface area contributed by atoms with Gasteiger partial charge in [-0.05, 0) is 68.8 Å². The summed E-state index contributed by atoms with van der Waals surface area (Å²) >= 11 is 60.8. The molecule has 6 aromatic rings. The summed E-state index contributed by atoms with van der Waals surface area (Å²) in [5.41, 5.74) is 25.6. The van der Waals surface area contributed by atoms with Crippen molar-refractivity contribution in [3.8, 4) is 52.8 Å². The molecule has 27 heteroatoms. The standard InChI is InChI=1S/C20H19Cl2FN2O2.C19H16Cl3FN2O2.C16H14Cl2FN3O.C2H2Cl2O.CH2Cl2/c1-3-14(26)7-5-4-6-13-10-17(20(24)25-11-13)27-12(2)18-15(21)8-9-16(23)19(18)22;1-11(17-14(21)6-7-15(23)18(17)22)27-16-8-12(10-25-19(16)24)4-2-3-5-13(26)9-20;1-9(14-11(17)4-5-12(19)15(14)18)23-13-7-10(3-2-6-20)8-22-16(13)21;3-1-2(4)5;2-1-3/h8-12H,3,5,7H2,1-2H3,(H2,24,25);6-8,10-11H,3,5,9H2,1H3,(H2,24,25);4-5,7-9H,6,20H2,1H3,(H2,21,22);1H2;1H2. The lowest BCUT2D eigenvalue weighted by Crippen LogP contribution is -2.08. The fraction of sp³-hybridized carbons (Fsp3) is 0.276. The summed E-state index contributed by atoms with van der Waals surface area (Å²) in [7, 11) is 0. The van der Waals surface area contributed by atoms with E-state index in [9.17, 15) is 27.6 Å². The minimum atomic E-state index is -0.672. The summed E-state index contributed by atoms with van der Waals surface area (Å²) in [6.07, 6.45) is 4.63. The number of hydrogen-bond acceptors (Lipinski definition) is 13. The number of ketones is 2. The molecule has 85 heavy (non-hydrogen) atoms. The van der Waals surface area contributed by atoms with Crippen molar-refractivity contribution < 1.29 is 41.8 Å². The van der Waals surface area contributed by atoms with Gasteiger partial charge in [0.25, 0.3) is 0 Å². The van der Waals surface area contributed by atoms with Crippen LogP contribution in [-0.4, -0.2) is 55.4 Å². The number of benzene rings is 3. The number of anilines is 3. The van der Waals surface area contributed by atoms with Crippen molar-refractivity contribution in [3.63, 3.8) is 0 Å². The molecule has 3 heterocycles. The summed E-state index contributed by atoms with van der Waals surface area (Å²) in [5.74, 6) is 16.7. The van der Waals surface area contributed by atoms with Crippen LogP contribution in [-0.2, 0) is 14.4 Å². The average Bonchev–Trinajstić information content (AvgIpc) is 3.67. The second kappa shape index (κ2) is 40.1. The summed E-state index contributed by atoms with van der Waals surface area (Å²) in [5, 5.41) is 0.258. The highest BCUT2D eigenvalue weighted by Crippen LogP contribution is 2.39. The lowest BCUT2D eigenvalue weighted by molar-refractivity contribution is -0.118. The molecule has 13 nitrogen and oxygen atoms in total. The molecule has 0 aliphatic carbocycles. The normalized spacial score (nSPS) is 11.0. The summed E-state index contributed by atoms with van der Waals surface area (Å²) in [6.45, 7) is 7.08. The van der Waals surface area contributed by atoms with Crippen LogP contribution in [0.1, 0.15) is 111 Å². The van der Waals surface area contributed by atoms with E-state index in [4.69, 9.17) is 165 Å². The van der Waals surface area contributed by atoms with Crippen molar-refractivity contribution in [2.45, 2.75) is 78.1 Å². The Morgan fingerprint density at radius 3 is 1.09 bits per heavy atom. The number of halogens is 14. The van der Waals surface area contributed by atoms with Crippen LogP contribution in [0.15, 0.2) is 73.2 Å². The largest absolute Gasteiger partial charge is 0.482 e. The van der Waals surface area contributed by atoms with Crippen LogP contribution in [0.3, 0.4) is 0 Å². The van der Waals surface area contributed by atoms with E-state index in [2.05, 4.69) is 50.5 Å². The Bertz CT molecular complexity index is 3300. The number of nitrogen functional groups attached to an aromatic ring is 3. The van der Waals surface area contributed by atoms with Crippen molar-refractivity contribution in [2.75, 3.05) is 40.8 Å². The number of nitrogens with zero attached hydrogens (tertiary/aromatic N) is 3. The van der Waals surface area contributed by atoms with Crippen LogP contribution in [0.4, 0.5) is 30.6 Å². The van der Waals surface area contributed by atoms with Crippen LogP contribution in [0.2, 0.25) is 30.1 Å². The zero-order valence-corrected chi connectivity index (χ0v) is 53.7. The quantitative estimate of drug-likeness (QED) is 0.0307. The number of carbonyl (C=O) groups excluding carboxylic acids is 3. The predicted octanol–water partition coefficient (Wildman–Crippen LogP) is 16.5. The second-order valence-corrected chi connectivity index (χ2v) is 20.8. The van der Waals surface area contributed by atoms with Gasteiger partial charge in [-0.25, -0.2) is 28.1 Å². The molecule has 3 aromatic heterocycles. The Kier molecular flexibility index (Phi) is 35.7. The highest BCUT2D eigenvalue weighted by molar-refractivity contribution is 6.67. The van der Waals surface area contributed by atoms with Gasteiger partial charge in [0, 0.05) is 117 Å². The van der Waals surface area contributed by atoms with Gasteiger partial charge in [0.15, 0.2) is 34.7 Å². The predicted molar refractivity (Wildman–Crippen MR) is 340 cm³/mol. The highest BCUT2D eigenvalue weighted by atomic mass is 35.5. The van der Waals surface area contributed by atoms with Gasteiger partial charge < -0.3 is 37.1 Å². The van der Waals surface area contributed by atoms with Crippen molar-refractivity contribution in [3.05, 3.63) is 154 Å².